The molecule has 2 fully saturated rings. The summed E-state index contributed by atoms with van der Waals surface area (Å²) in [5.41, 5.74) is 4.40. The highest BCUT2D eigenvalue weighted by atomic mass is 16.2. The summed E-state index contributed by atoms with van der Waals surface area (Å²) in [6.45, 7) is 0.0963. The van der Waals surface area contributed by atoms with Crippen molar-refractivity contribution in [3.63, 3.8) is 0 Å². The van der Waals surface area contributed by atoms with Gasteiger partial charge in [0.2, 0.25) is 5.91 Å². The molecule has 18 heavy (non-hydrogen) atoms. The molecule has 6 heteroatoms. The van der Waals surface area contributed by atoms with Crippen LogP contribution in [0.25, 0.3) is 0 Å². The third kappa shape index (κ3) is 1.85. The molecule has 100 valence electrons. The summed E-state index contributed by atoms with van der Waals surface area (Å²) >= 11 is 0. The molecule has 1 saturated heterocycles. The summed E-state index contributed by atoms with van der Waals surface area (Å²) in [7, 11) is 1.68. The normalized spacial score (nSPS) is 22.9. The number of carbonyl (C=O) groups excluding carboxylic acids is 3. The van der Waals surface area contributed by atoms with Crippen molar-refractivity contribution in [1.29, 1.82) is 0 Å². The number of primary amides is 1. The maximum Gasteiger partial charge on any atom is 0.327 e. The fraction of sp³-hybridized carbons (Fsp3) is 0.750. The zero-order valence-electron chi connectivity index (χ0n) is 10.6. The van der Waals surface area contributed by atoms with Crippen LogP contribution >= 0.6 is 0 Å². The van der Waals surface area contributed by atoms with E-state index in [1.807, 2.05) is 0 Å². The lowest BCUT2D eigenvalue weighted by Gasteiger charge is -2.35. The molecule has 0 aromatic carbocycles. The fourth-order valence-electron chi connectivity index (χ4n) is 2.95. The Bertz CT molecular complexity index is 388. The van der Waals surface area contributed by atoms with E-state index < -0.39 is 11.4 Å². The monoisotopic (exact) mass is 253 g/mol. The van der Waals surface area contributed by atoms with Crippen LogP contribution in [-0.2, 0) is 9.59 Å². The molecule has 1 spiro atoms. The molecule has 0 bridgehead atoms. The van der Waals surface area contributed by atoms with Gasteiger partial charge in [0.15, 0.2) is 0 Å². The molecule has 1 heterocycles. The molecule has 6 nitrogen and oxygen atoms in total. The summed E-state index contributed by atoms with van der Waals surface area (Å²) in [5, 5.41) is 0. The van der Waals surface area contributed by atoms with Gasteiger partial charge in [-0.3, -0.25) is 14.5 Å². The molecule has 1 aliphatic carbocycles. The van der Waals surface area contributed by atoms with Gasteiger partial charge in [0.25, 0.3) is 5.91 Å². The second-order valence-corrected chi connectivity index (χ2v) is 5.11. The second kappa shape index (κ2) is 4.59. The minimum atomic E-state index is -0.660. The van der Waals surface area contributed by atoms with E-state index in [0.717, 1.165) is 32.1 Å². The summed E-state index contributed by atoms with van der Waals surface area (Å²) < 4.78 is 0. The lowest BCUT2D eigenvalue weighted by molar-refractivity contribution is -0.134. The van der Waals surface area contributed by atoms with Crippen LogP contribution in [0.15, 0.2) is 0 Å². The predicted molar refractivity (Wildman–Crippen MR) is 64.5 cm³/mol. The number of rotatable bonds is 3. The largest absolute Gasteiger partial charge is 0.370 e. The highest BCUT2D eigenvalue weighted by Crippen LogP contribution is 2.39. The Labute approximate surface area is 106 Å². The molecule has 0 atom stereocenters. The Morgan fingerprint density at radius 3 is 2.44 bits per heavy atom. The average Bonchev–Trinajstić information content (AvgIpc) is 2.52. The number of hydrogen-bond acceptors (Lipinski definition) is 3. The van der Waals surface area contributed by atoms with Crippen molar-refractivity contribution in [2.24, 2.45) is 5.73 Å². The van der Waals surface area contributed by atoms with Gasteiger partial charge in [-0.25, -0.2) is 4.79 Å². The molecular weight excluding hydrogens is 234 g/mol. The van der Waals surface area contributed by atoms with Crippen molar-refractivity contribution < 1.29 is 14.4 Å². The van der Waals surface area contributed by atoms with E-state index >= 15 is 0 Å². The van der Waals surface area contributed by atoms with Gasteiger partial charge < -0.3 is 10.6 Å². The molecule has 4 amide bonds. The first-order chi connectivity index (χ1) is 8.49. The van der Waals surface area contributed by atoms with Gasteiger partial charge in [-0.1, -0.05) is 19.3 Å². The van der Waals surface area contributed by atoms with E-state index in [4.69, 9.17) is 5.73 Å². The van der Waals surface area contributed by atoms with Crippen molar-refractivity contribution in [3.8, 4) is 0 Å². The summed E-state index contributed by atoms with van der Waals surface area (Å²) in [4.78, 5) is 38.0. The average molecular weight is 253 g/mol. The van der Waals surface area contributed by atoms with Crippen molar-refractivity contribution in [3.05, 3.63) is 0 Å². The van der Waals surface area contributed by atoms with Crippen LogP contribution in [0.1, 0.15) is 38.5 Å². The maximum atomic E-state index is 12.4. The lowest BCUT2D eigenvalue weighted by Crippen LogP contribution is -2.49. The van der Waals surface area contributed by atoms with Crippen LogP contribution < -0.4 is 5.73 Å². The Kier molecular flexibility index (Phi) is 3.28. The Balaban J connectivity index is 2.17. The van der Waals surface area contributed by atoms with E-state index in [9.17, 15) is 14.4 Å². The summed E-state index contributed by atoms with van der Waals surface area (Å²) in [6.07, 6.45) is 4.52. The number of nitrogens with zero attached hydrogens (tertiary/aromatic N) is 2. The predicted octanol–water partition coefficient (Wildman–Crippen LogP) is 0.459. The SMILES string of the molecule is CN1C(=O)N(CCC(N)=O)C(=O)C12CCCCC2. The van der Waals surface area contributed by atoms with Crippen LogP contribution in [0.2, 0.25) is 0 Å². The van der Waals surface area contributed by atoms with Crippen LogP contribution in [0.3, 0.4) is 0 Å². The van der Waals surface area contributed by atoms with Crippen LogP contribution in [0, 0.1) is 0 Å². The van der Waals surface area contributed by atoms with Crippen molar-refractivity contribution in [2.45, 2.75) is 44.1 Å². The molecule has 1 saturated carbocycles. The zero-order chi connectivity index (χ0) is 13.3. The van der Waals surface area contributed by atoms with Crippen LogP contribution in [0.4, 0.5) is 4.79 Å². The molecule has 0 aromatic heterocycles. The van der Waals surface area contributed by atoms with Gasteiger partial charge >= 0.3 is 6.03 Å². The topological polar surface area (TPSA) is 83.7 Å². The first-order valence-corrected chi connectivity index (χ1v) is 6.37. The van der Waals surface area contributed by atoms with E-state index in [0.29, 0.717) is 0 Å². The number of likely N-dealkylation sites (N-methyl/N-ethyl adjacent to an activating group) is 1. The first-order valence-electron chi connectivity index (χ1n) is 6.37. The highest BCUT2D eigenvalue weighted by molar-refractivity contribution is 6.07. The van der Waals surface area contributed by atoms with Gasteiger partial charge in [0.1, 0.15) is 5.54 Å². The molecule has 2 aliphatic rings. The number of imide groups is 1. The van der Waals surface area contributed by atoms with Crippen molar-refractivity contribution >= 4 is 17.8 Å². The Morgan fingerprint density at radius 1 is 1.28 bits per heavy atom. The zero-order valence-corrected chi connectivity index (χ0v) is 10.6. The van der Waals surface area contributed by atoms with Gasteiger partial charge in [-0.15, -0.1) is 0 Å². The Hall–Kier alpha value is -1.59. The number of amides is 4. The van der Waals surface area contributed by atoms with E-state index in [-0.39, 0.29) is 24.9 Å². The van der Waals surface area contributed by atoms with Gasteiger partial charge in [0, 0.05) is 20.0 Å². The highest BCUT2D eigenvalue weighted by Gasteiger charge is 2.55. The number of hydrogen-bond donors (Lipinski definition) is 1. The van der Waals surface area contributed by atoms with E-state index in [2.05, 4.69) is 0 Å². The van der Waals surface area contributed by atoms with Gasteiger partial charge in [-0.2, -0.15) is 0 Å². The second-order valence-electron chi connectivity index (χ2n) is 5.11. The third-order valence-corrected chi connectivity index (χ3v) is 4.07. The Morgan fingerprint density at radius 2 is 1.89 bits per heavy atom. The van der Waals surface area contributed by atoms with Crippen molar-refractivity contribution in [2.75, 3.05) is 13.6 Å². The number of urea groups is 1. The molecule has 0 aromatic rings. The molecule has 2 N–H and O–H groups in total. The first kappa shape index (κ1) is 12.9. The van der Waals surface area contributed by atoms with E-state index in [1.165, 1.54) is 4.90 Å². The number of carbonyl (C=O) groups is 3. The quantitative estimate of drug-likeness (QED) is 0.741. The smallest absolute Gasteiger partial charge is 0.327 e. The van der Waals surface area contributed by atoms with Crippen LogP contribution in [-0.4, -0.2) is 46.8 Å². The fourth-order valence-corrected chi connectivity index (χ4v) is 2.95. The van der Waals surface area contributed by atoms with Gasteiger partial charge in [0.05, 0.1) is 0 Å². The standard InChI is InChI=1S/C12H19N3O3/c1-14-11(18)15(8-5-9(13)16)10(17)12(14)6-3-2-4-7-12/h2-8H2,1H3,(H2,13,16). The minimum Gasteiger partial charge on any atom is -0.370 e. The summed E-state index contributed by atoms with van der Waals surface area (Å²) in [5.74, 6) is -0.654. The molecular formula is C12H19N3O3. The molecule has 0 radical (unpaired) electrons. The molecule has 2 rings (SSSR count). The van der Waals surface area contributed by atoms with Crippen molar-refractivity contribution in [1.82, 2.24) is 9.80 Å². The maximum absolute atomic E-state index is 12.4. The summed E-state index contributed by atoms with van der Waals surface area (Å²) in [6, 6.07) is -0.303. The van der Waals surface area contributed by atoms with Crippen LogP contribution in [0.5, 0.6) is 0 Å². The minimum absolute atomic E-state index is 0.0292. The van der Waals surface area contributed by atoms with E-state index in [1.54, 1.807) is 11.9 Å². The molecule has 1 aliphatic heterocycles. The molecule has 0 unspecified atom stereocenters. The number of nitrogens with two attached hydrogens (primary N) is 1. The third-order valence-electron chi connectivity index (χ3n) is 4.07. The lowest BCUT2D eigenvalue weighted by atomic mass is 9.81. The van der Waals surface area contributed by atoms with Gasteiger partial charge in [-0.05, 0) is 12.8 Å².